The minimum atomic E-state index is -2.92. The quantitative estimate of drug-likeness (QED) is 0.523. The number of hydrogen-bond donors (Lipinski definition) is 0. The first-order valence-corrected chi connectivity index (χ1v) is 7.37. The molecule has 3 nitrogen and oxygen atoms in total. The lowest BCUT2D eigenvalue weighted by atomic mass is 10.3. The number of hydrogen-bond acceptors (Lipinski definition) is 3. The summed E-state index contributed by atoms with van der Waals surface area (Å²) in [5.41, 5.74) is 0. The lowest BCUT2D eigenvalue weighted by molar-refractivity contribution is 0.127. The van der Waals surface area contributed by atoms with Gasteiger partial charge in [0, 0.05) is 12.5 Å². The van der Waals surface area contributed by atoms with Crippen molar-refractivity contribution in [2.24, 2.45) is 0 Å². The van der Waals surface area contributed by atoms with Gasteiger partial charge in [-0.2, -0.15) is 0 Å². The SMILES string of the molecule is O=S(=O)(CCCCCl)CC1CCCO1. The smallest absolute Gasteiger partial charge is 0.152 e. The molecule has 1 atom stereocenters. The van der Waals surface area contributed by atoms with Crippen LogP contribution in [0.25, 0.3) is 0 Å². The van der Waals surface area contributed by atoms with Crippen molar-refractivity contribution in [3.8, 4) is 0 Å². The van der Waals surface area contributed by atoms with E-state index in [4.69, 9.17) is 16.3 Å². The zero-order chi connectivity index (χ0) is 10.4. The van der Waals surface area contributed by atoms with E-state index in [-0.39, 0.29) is 17.6 Å². The van der Waals surface area contributed by atoms with Crippen LogP contribution in [0, 0.1) is 0 Å². The van der Waals surface area contributed by atoms with Gasteiger partial charge in [-0.05, 0) is 25.7 Å². The number of halogens is 1. The third kappa shape index (κ3) is 4.62. The van der Waals surface area contributed by atoms with E-state index in [1.807, 2.05) is 0 Å². The molecule has 5 heteroatoms. The summed E-state index contributed by atoms with van der Waals surface area (Å²) in [6, 6.07) is 0. The van der Waals surface area contributed by atoms with E-state index < -0.39 is 9.84 Å². The summed E-state index contributed by atoms with van der Waals surface area (Å²) < 4.78 is 28.4. The van der Waals surface area contributed by atoms with Gasteiger partial charge in [0.1, 0.15) is 0 Å². The molecular formula is C9H17ClO3S. The van der Waals surface area contributed by atoms with Crippen LogP contribution in [0.3, 0.4) is 0 Å². The number of unbranched alkanes of at least 4 members (excludes halogenated alkanes) is 1. The maximum atomic E-state index is 11.5. The van der Waals surface area contributed by atoms with Crippen molar-refractivity contribution in [2.45, 2.75) is 31.8 Å². The molecule has 0 aliphatic carbocycles. The van der Waals surface area contributed by atoms with E-state index in [0.717, 1.165) is 19.3 Å². The van der Waals surface area contributed by atoms with Crippen LogP contribution in [0.1, 0.15) is 25.7 Å². The molecular weight excluding hydrogens is 224 g/mol. The van der Waals surface area contributed by atoms with Gasteiger partial charge in [-0.25, -0.2) is 8.42 Å². The lowest BCUT2D eigenvalue weighted by Gasteiger charge is -2.09. The molecule has 0 aromatic heterocycles. The van der Waals surface area contributed by atoms with Gasteiger partial charge in [-0.3, -0.25) is 0 Å². The Morgan fingerprint density at radius 3 is 2.71 bits per heavy atom. The van der Waals surface area contributed by atoms with Gasteiger partial charge in [0.05, 0.1) is 17.6 Å². The molecule has 1 saturated heterocycles. The van der Waals surface area contributed by atoms with Gasteiger partial charge >= 0.3 is 0 Å². The van der Waals surface area contributed by atoms with Crippen LogP contribution in [0.15, 0.2) is 0 Å². The fourth-order valence-corrected chi connectivity index (χ4v) is 3.39. The fraction of sp³-hybridized carbons (Fsp3) is 1.00. The van der Waals surface area contributed by atoms with E-state index in [9.17, 15) is 8.42 Å². The van der Waals surface area contributed by atoms with Crippen molar-refractivity contribution in [1.29, 1.82) is 0 Å². The first-order chi connectivity index (χ1) is 6.64. The third-order valence-electron chi connectivity index (χ3n) is 2.30. The summed E-state index contributed by atoms with van der Waals surface area (Å²) in [5.74, 6) is 0.977. The molecule has 1 unspecified atom stereocenters. The molecule has 1 aliphatic heterocycles. The topological polar surface area (TPSA) is 43.4 Å². The van der Waals surface area contributed by atoms with Crippen molar-refractivity contribution in [1.82, 2.24) is 0 Å². The zero-order valence-corrected chi connectivity index (χ0v) is 9.82. The van der Waals surface area contributed by atoms with Gasteiger partial charge in [0.2, 0.25) is 0 Å². The van der Waals surface area contributed by atoms with E-state index in [2.05, 4.69) is 0 Å². The normalized spacial score (nSPS) is 22.8. The summed E-state index contributed by atoms with van der Waals surface area (Å²) in [7, 11) is -2.92. The van der Waals surface area contributed by atoms with Crippen molar-refractivity contribution in [3.63, 3.8) is 0 Å². The summed E-state index contributed by atoms with van der Waals surface area (Å²) in [6.07, 6.45) is 3.25. The Bertz CT molecular complexity index is 245. The highest BCUT2D eigenvalue weighted by molar-refractivity contribution is 7.91. The Hall–Kier alpha value is 0.200. The number of rotatable bonds is 6. The maximum absolute atomic E-state index is 11.5. The van der Waals surface area contributed by atoms with Crippen LogP contribution in [-0.4, -0.2) is 38.5 Å². The second-order valence-corrected chi connectivity index (χ2v) is 6.25. The second kappa shape index (κ2) is 5.93. The molecule has 1 aliphatic rings. The zero-order valence-electron chi connectivity index (χ0n) is 8.25. The first kappa shape index (κ1) is 12.3. The number of sulfone groups is 1. The van der Waals surface area contributed by atoms with Crippen molar-refractivity contribution < 1.29 is 13.2 Å². The summed E-state index contributed by atoms with van der Waals surface area (Å²) in [6.45, 7) is 0.710. The standard InChI is InChI=1S/C9H17ClO3S/c10-5-1-2-7-14(11,12)8-9-4-3-6-13-9/h9H,1-8H2. The highest BCUT2D eigenvalue weighted by Crippen LogP contribution is 2.14. The Morgan fingerprint density at radius 2 is 2.14 bits per heavy atom. The summed E-state index contributed by atoms with van der Waals surface area (Å²) in [5, 5.41) is 0. The third-order valence-corrected chi connectivity index (χ3v) is 4.36. The summed E-state index contributed by atoms with van der Waals surface area (Å²) in [4.78, 5) is 0. The molecule has 1 heterocycles. The lowest BCUT2D eigenvalue weighted by Crippen LogP contribution is -2.22. The first-order valence-electron chi connectivity index (χ1n) is 5.02. The van der Waals surface area contributed by atoms with Crippen molar-refractivity contribution in [2.75, 3.05) is 24.0 Å². The average molecular weight is 241 g/mol. The predicted molar refractivity (Wildman–Crippen MR) is 57.6 cm³/mol. The fourth-order valence-electron chi connectivity index (χ4n) is 1.56. The molecule has 14 heavy (non-hydrogen) atoms. The number of alkyl halides is 1. The monoisotopic (exact) mass is 240 g/mol. The molecule has 0 N–H and O–H groups in total. The average Bonchev–Trinajstić information content (AvgIpc) is 2.56. The second-order valence-electron chi connectivity index (χ2n) is 3.65. The Balaban J connectivity index is 2.26. The molecule has 0 saturated carbocycles. The molecule has 0 aromatic rings. The van der Waals surface area contributed by atoms with Crippen LogP contribution in [0.5, 0.6) is 0 Å². The van der Waals surface area contributed by atoms with Gasteiger partial charge in [-0.15, -0.1) is 11.6 Å². The predicted octanol–water partition coefficient (Wildman–Crippen LogP) is 1.60. The van der Waals surface area contributed by atoms with Crippen LogP contribution in [0.4, 0.5) is 0 Å². The molecule has 1 fully saturated rings. The molecule has 0 spiro atoms. The van der Waals surface area contributed by atoms with Crippen LogP contribution in [0.2, 0.25) is 0 Å². The van der Waals surface area contributed by atoms with E-state index in [0.29, 0.717) is 18.9 Å². The molecule has 84 valence electrons. The maximum Gasteiger partial charge on any atom is 0.152 e. The Morgan fingerprint density at radius 1 is 1.36 bits per heavy atom. The molecule has 0 radical (unpaired) electrons. The van der Waals surface area contributed by atoms with Crippen LogP contribution >= 0.6 is 11.6 Å². The Labute approximate surface area is 90.7 Å². The minimum Gasteiger partial charge on any atom is -0.377 e. The van der Waals surface area contributed by atoms with Crippen LogP contribution < -0.4 is 0 Å². The highest BCUT2D eigenvalue weighted by Gasteiger charge is 2.22. The van der Waals surface area contributed by atoms with Gasteiger partial charge in [-0.1, -0.05) is 0 Å². The van der Waals surface area contributed by atoms with Crippen LogP contribution in [-0.2, 0) is 14.6 Å². The molecule has 1 rings (SSSR count). The molecule has 0 bridgehead atoms. The minimum absolute atomic E-state index is 0.0593. The van der Waals surface area contributed by atoms with Gasteiger partial charge < -0.3 is 4.74 Å². The number of ether oxygens (including phenoxy) is 1. The molecule has 0 aromatic carbocycles. The Kier molecular flexibility index (Phi) is 5.20. The molecule has 0 amide bonds. The van der Waals surface area contributed by atoms with Gasteiger partial charge in [0.15, 0.2) is 9.84 Å². The van der Waals surface area contributed by atoms with Crippen molar-refractivity contribution >= 4 is 21.4 Å². The van der Waals surface area contributed by atoms with E-state index in [1.165, 1.54) is 0 Å². The van der Waals surface area contributed by atoms with E-state index in [1.54, 1.807) is 0 Å². The van der Waals surface area contributed by atoms with Crippen molar-refractivity contribution in [3.05, 3.63) is 0 Å². The summed E-state index contributed by atoms with van der Waals surface area (Å²) >= 11 is 5.48. The van der Waals surface area contributed by atoms with E-state index >= 15 is 0 Å². The van der Waals surface area contributed by atoms with Gasteiger partial charge in [0.25, 0.3) is 0 Å². The largest absolute Gasteiger partial charge is 0.377 e. The highest BCUT2D eigenvalue weighted by atomic mass is 35.5.